The molecule has 1 aromatic heterocycles. The Balaban J connectivity index is 2.07. The second-order valence-corrected chi connectivity index (χ2v) is 3.93. The molecule has 0 amide bonds. The fourth-order valence-corrected chi connectivity index (χ4v) is 1.97. The van der Waals surface area contributed by atoms with Crippen molar-refractivity contribution in [3.05, 3.63) is 24.0 Å². The van der Waals surface area contributed by atoms with Crippen LogP contribution in [0, 0.1) is 0 Å². The van der Waals surface area contributed by atoms with Crippen molar-refractivity contribution in [2.75, 3.05) is 6.54 Å². The first-order chi connectivity index (χ1) is 6.77. The van der Waals surface area contributed by atoms with E-state index in [0.717, 1.165) is 18.8 Å². The summed E-state index contributed by atoms with van der Waals surface area (Å²) in [6.45, 7) is 4.12. The molecule has 3 nitrogen and oxygen atoms in total. The average Bonchev–Trinajstić information content (AvgIpc) is 2.56. The van der Waals surface area contributed by atoms with Gasteiger partial charge in [0, 0.05) is 18.8 Å². The quantitative estimate of drug-likeness (QED) is 0.775. The largest absolute Gasteiger partial charge is 0.506 e. The fourth-order valence-electron chi connectivity index (χ4n) is 1.97. The number of aromatic nitrogens is 1. The smallest absolute Gasteiger partial charge is 0.138 e. The van der Waals surface area contributed by atoms with Crippen LogP contribution < -0.4 is 0 Å². The van der Waals surface area contributed by atoms with E-state index in [9.17, 15) is 5.11 Å². The van der Waals surface area contributed by atoms with E-state index in [4.69, 9.17) is 0 Å². The van der Waals surface area contributed by atoms with E-state index < -0.39 is 0 Å². The SMILES string of the molecule is CC1CCCN1Cc1ncccc1O. The zero-order chi connectivity index (χ0) is 9.97. The average molecular weight is 192 g/mol. The summed E-state index contributed by atoms with van der Waals surface area (Å²) in [5, 5.41) is 9.57. The molecular formula is C11H16N2O. The monoisotopic (exact) mass is 192 g/mol. The molecule has 1 aromatic rings. The minimum absolute atomic E-state index is 0.312. The maximum atomic E-state index is 9.57. The number of rotatable bonds is 2. The van der Waals surface area contributed by atoms with Gasteiger partial charge in [0.1, 0.15) is 5.75 Å². The van der Waals surface area contributed by atoms with Crippen LogP contribution in [0.15, 0.2) is 18.3 Å². The molecule has 1 fully saturated rings. The highest BCUT2D eigenvalue weighted by Crippen LogP contribution is 2.22. The molecule has 2 rings (SSSR count). The molecule has 1 aliphatic rings. The lowest BCUT2D eigenvalue weighted by molar-refractivity contribution is 0.253. The van der Waals surface area contributed by atoms with Gasteiger partial charge in [-0.05, 0) is 38.4 Å². The molecule has 3 heteroatoms. The standard InChI is InChI=1S/C11H16N2O/c1-9-4-3-7-13(9)8-10-11(14)5-2-6-12-10/h2,5-6,9,14H,3-4,7-8H2,1H3. The number of likely N-dealkylation sites (tertiary alicyclic amines) is 1. The molecule has 0 aromatic carbocycles. The first-order valence-electron chi connectivity index (χ1n) is 5.14. The van der Waals surface area contributed by atoms with E-state index in [0.29, 0.717) is 11.8 Å². The normalized spacial score (nSPS) is 22.8. The van der Waals surface area contributed by atoms with Crippen molar-refractivity contribution in [2.45, 2.75) is 32.4 Å². The summed E-state index contributed by atoms with van der Waals surface area (Å²) < 4.78 is 0. The van der Waals surface area contributed by atoms with Gasteiger partial charge in [0.2, 0.25) is 0 Å². The van der Waals surface area contributed by atoms with Crippen LogP contribution in [0.4, 0.5) is 0 Å². The van der Waals surface area contributed by atoms with Crippen LogP contribution in [-0.4, -0.2) is 27.6 Å². The van der Waals surface area contributed by atoms with Crippen LogP contribution in [0.25, 0.3) is 0 Å². The Kier molecular flexibility index (Phi) is 2.68. The zero-order valence-electron chi connectivity index (χ0n) is 8.48. The summed E-state index contributed by atoms with van der Waals surface area (Å²) in [5.41, 5.74) is 0.793. The maximum Gasteiger partial charge on any atom is 0.138 e. The van der Waals surface area contributed by atoms with Gasteiger partial charge in [-0.25, -0.2) is 0 Å². The van der Waals surface area contributed by atoms with E-state index in [1.165, 1.54) is 12.8 Å². The summed E-state index contributed by atoms with van der Waals surface area (Å²) >= 11 is 0. The molecule has 0 aliphatic carbocycles. The van der Waals surface area contributed by atoms with Crippen molar-refractivity contribution >= 4 is 0 Å². The van der Waals surface area contributed by atoms with E-state index in [1.807, 2.05) is 0 Å². The Labute approximate surface area is 84.4 Å². The molecule has 2 heterocycles. The predicted octanol–water partition coefficient (Wildman–Crippen LogP) is 1.77. The van der Waals surface area contributed by atoms with Gasteiger partial charge in [-0.3, -0.25) is 9.88 Å². The third kappa shape index (κ3) is 1.87. The van der Waals surface area contributed by atoms with Gasteiger partial charge in [-0.15, -0.1) is 0 Å². The molecular weight excluding hydrogens is 176 g/mol. The third-order valence-corrected chi connectivity index (χ3v) is 2.91. The molecule has 1 aliphatic heterocycles. The highest BCUT2D eigenvalue weighted by Gasteiger charge is 2.21. The lowest BCUT2D eigenvalue weighted by Gasteiger charge is -2.20. The van der Waals surface area contributed by atoms with Crippen molar-refractivity contribution in [2.24, 2.45) is 0 Å². The van der Waals surface area contributed by atoms with Crippen molar-refractivity contribution in [1.82, 2.24) is 9.88 Å². The Morgan fingerprint density at radius 2 is 2.50 bits per heavy atom. The number of aromatic hydroxyl groups is 1. The summed E-state index contributed by atoms with van der Waals surface area (Å²) in [4.78, 5) is 6.55. The van der Waals surface area contributed by atoms with Gasteiger partial charge in [-0.2, -0.15) is 0 Å². The third-order valence-electron chi connectivity index (χ3n) is 2.91. The van der Waals surface area contributed by atoms with Crippen LogP contribution in [0.1, 0.15) is 25.5 Å². The minimum Gasteiger partial charge on any atom is -0.506 e. The number of hydrogen-bond acceptors (Lipinski definition) is 3. The number of hydrogen-bond donors (Lipinski definition) is 1. The van der Waals surface area contributed by atoms with Crippen LogP contribution in [0.2, 0.25) is 0 Å². The molecule has 0 spiro atoms. The molecule has 76 valence electrons. The van der Waals surface area contributed by atoms with Crippen LogP contribution >= 0.6 is 0 Å². The molecule has 1 saturated heterocycles. The number of pyridine rings is 1. The van der Waals surface area contributed by atoms with Crippen LogP contribution in [0.5, 0.6) is 5.75 Å². The summed E-state index contributed by atoms with van der Waals surface area (Å²) in [7, 11) is 0. The maximum absolute atomic E-state index is 9.57. The van der Waals surface area contributed by atoms with Gasteiger partial charge >= 0.3 is 0 Å². The summed E-state index contributed by atoms with van der Waals surface area (Å²) in [6.07, 6.45) is 4.25. The molecule has 0 bridgehead atoms. The Bertz CT molecular complexity index is 314. The van der Waals surface area contributed by atoms with Gasteiger partial charge in [0.15, 0.2) is 0 Å². The highest BCUT2D eigenvalue weighted by molar-refractivity contribution is 5.24. The van der Waals surface area contributed by atoms with Gasteiger partial charge in [0.05, 0.1) is 5.69 Å². The Hall–Kier alpha value is -1.09. The van der Waals surface area contributed by atoms with Crippen molar-refractivity contribution in [3.8, 4) is 5.75 Å². The first-order valence-corrected chi connectivity index (χ1v) is 5.14. The zero-order valence-corrected chi connectivity index (χ0v) is 8.48. The Morgan fingerprint density at radius 1 is 1.64 bits per heavy atom. The molecule has 1 unspecified atom stereocenters. The number of nitrogens with zero attached hydrogens (tertiary/aromatic N) is 2. The lowest BCUT2D eigenvalue weighted by atomic mass is 10.2. The van der Waals surface area contributed by atoms with Gasteiger partial charge in [-0.1, -0.05) is 0 Å². The van der Waals surface area contributed by atoms with Crippen LogP contribution in [0.3, 0.4) is 0 Å². The highest BCUT2D eigenvalue weighted by atomic mass is 16.3. The second kappa shape index (κ2) is 3.96. The molecule has 0 radical (unpaired) electrons. The Morgan fingerprint density at radius 3 is 3.14 bits per heavy atom. The molecule has 14 heavy (non-hydrogen) atoms. The van der Waals surface area contributed by atoms with Crippen molar-refractivity contribution in [3.63, 3.8) is 0 Å². The minimum atomic E-state index is 0.312. The predicted molar refractivity (Wildman–Crippen MR) is 55.0 cm³/mol. The molecule has 1 atom stereocenters. The van der Waals surface area contributed by atoms with Gasteiger partial charge < -0.3 is 5.11 Å². The lowest BCUT2D eigenvalue weighted by Crippen LogP contribution is -2.26. The summed E-state index contributed by atoms with van der Waals surface area (Å²) in [6, 6.07) is 4.08. The van der Waals surface area contributed by atoms with E-state index in [-0.39, 0.29) is 0 Å². The van der Waals surface area contributed by atoms with Gasteiger partial charge in [0.25, 0.3) is 0 Å². The summed E-state index contributed by atoms with van der Waals surface area (Å²) in [5.74, 6) is 0.312. The molecule has 0 saturated carbocycles. The topological polar surface area (TPSA) is 36.4 Å². The van der Waals surface area contributed by atoms with E-state index in [2.05, 4.69) is 16.8 Å². The van der Waals surface area contributed by atoms with E-state index >= 15 is 0 Å². The van der Waals surface area contributed by atoms with Crippen molar-refractivity contribution in [1.29, 1.82) is 0 Å². The molecule has 1 N–H and O–H groups in total. The van der Waals surface area contributed by atoms with Crippen LogP contribution in [-0.2, 0) is 6.54 Å². The fraction of sp³-hybridized carbons (Fsp3) is 0.545. The second-order valence-electron chi connectivity index (χ2n) is 3.93. The first kappa shape index (κ1) is 9.46. The van der Waals surface area contributed by atoms with Crippen molar-refractivity contribution < 1.29 is 5.11 Å². The van der Waals surface area contributed by atoms with E-state index in [1.54, 1.807) is 18.3 Å².